The summed E-state index contributed by atoms with van der Waals surface area (Å²) in [5.74, 6) is 2.22. The van der Waals surface area contributed by atoms with Gasteiger partial charge in [-0.2, -0.15) is 0 Å². The molecule has 0 bridgehead atoms. The predicted octanol–water partition coefficient (Wildman–Crippen LogP) is 3.17. The van der Waals surface area contributed by atoms with Crippen LogP contribution in [0.5, 0.6) is 0 Å². The maximum atomic E-state index is 12.8. The Balaban J connectivity index is 1.64. The van der Waals surface area contributed by atoms with Gasteiger partial charge in [0.25, 0.3) is 5.91 Å². The Bertz CT molecular complexity index is 686. The molecule has 2 amide bonds. The van der Waals surface area contributed by atoms with Crippen LogP contribution < -0.4 is 0 Å². The Kier molecular flexibility index (Phi) is 5.94. The van der Waals surface area contributed by atoms with E-state index in [0.717, 1.165) is 31.6 Å². The zero-order valence-corrected chi connectivity index (χ0v) is 17.0. The standard InChI is InChI=1S/C21H32N2O4/c1-15(2)5-9-23-14-21(26-12-6-19(23)24)7-10-22(11-8-21)20(25)18-13-16(3)27-17(18)4/h13,15H,5-12,14H2,1-4H3. The third-order valence-corrected chi connectivity index (χ3v) is 5.77. The van der Waals surface area contributed by atoms with Crippen LogP contribution in [0.15, 0.2) is 10.5 Å². The molecule has 0 radical (unpaired) electrons. The first kappa shape index (κ1) is 19.9. The Morgan fingerprint density at radius 2 is 1.96 bits per heavy atom. The van der Waals surface area contributed by atoms with Crippen molar-refractivity contribution in [2.75, 3.05) is 32.8 Å². The largest absolute Gasteiger partial charge is 0.466 e. The van der Waals surface area contributed by atoms with Gasteiger partial charge in [-0.3, -0.25) is 9.59 Å². The Labute approximate surface area is 161 Å². The van der Waals surface area contributed by atoms with Crippen LogP contribution in [-0.2, 0) is 9.53 Å². The number of carbonyl (C=O) groups is 2. The average molecular weight is 376 g/mol. The van der Waals surface area contributed by atoms with Crippen LogP contribution >= 0.6 is 0 Å². The lowest BCUT2D eigenvalue weighted by atomic mass is 9.90. The normalized spacial score (nSPS) is 20.4. The Hall–Kier alpha value is -1.82. The van der Waals surface area contributed by atoms with Gasteiger partial charge in [-0.15, -0.1) is 0 Å². The molecule has 0 N–H and O–H groups in total. The van der Waals surface area contributed by atoms with Gasteiger partial charge in [0.15, 0.2) is 0 Å². The number of ether oxygens (including phenoxy) is 1. The molecule has 1 aromatic heterocycles. The van der Waals surface area contributed by atoms with Crippen molar-refractivity contribution in [3.63, 3.8) is 0 Å². The van der Waals surface area contributed by atoms with Crippen LogP contribution in [0.1, 0.15) is 61.4 Å². The minimum Gasteiger partial charge on any atom is -0.466 e. The molecule has 6 heteroatoms. The van der Waals surface area contributed by atoms with Gasteiger partial charge in [0.05, 0.1) is 24.2 Å². The fourth-order valence-electron chi connectivity index (χ4n) is 4.05. The van der Waals surface area contributed by atoms with Crippen molar-refractivity contribution in [3.05, 3.63) is 23.2 Å². The summed E-state index contributed by atoms with van der Waals surface area (Å²) in [7, 11) is 0. The number of piperidine rings is 1. The van der Waals surface area contributed by atoms with E-state index in [1.54, 1.807) is 0 Å². The molecule has 150 valence electrons. The quantitative estimate of drug-likeness (QED) is 0.810. The summed E-state index contributed by atoms with van der Waals surface area (Å²) >= 11 is 0. The lowest BCUT2D eigenvalue weighted by molar-refractivity contribution is -0.131. The van der Waals surface area contributed by atoms with E-state index in [1.165, 1.54) is 0 Å². The highest BCUT2D eigenvalue weighted by molar-refractivity contribution is 5.95. The van der Waals surface area contributed by atoms with Gasteiger partial charge >= 0.3 is 0 Å². The lowest BCUT2D eigenvalue weighted by Gasteiger charge is -2.42. The number of amides is 2. The lowest BCUT2D eigenvalue weighted by Crippen LogP contribution is -2.53. The molecule has 0 atom stereocenters. The molecule has 0 aromatic carbocycles. The molecule has 2 aliphatic heterocycles. The highest BCUT2D eigenvalue weighted by atomic mass is 16.5. The first-order valence-electron chi connectivity index (χ1n) is 10.1. The fraction of sp³-hybridized carbons (Fsp3) is 0.714. The highest BCUT2D eigenvalue weighted by Gasteiger charge is 2.41. The third kappa shape index (κ3) is 4.54. The van der Waals surface area contributed by atoms with Crippen molar-refractivity contribution in [3.8, 4) is 0 Å². The van der Waals surface area contributed by atoms with Gasteiger partial charge in [0.2, 0.25) is 5.91 Å². The number of hydrogen-bond donors (Lipinski definition) is 0. The van der Waals surface area contributed by atoms with Gasteiger partial charge in [-0.05, 0) is 45.1 Å². The van der Waals surface area contributed by atoms with E-state index in [-0.39, 0.29) is 17.4 Å². The van der Waals surface area contributed by atoms with Gasteiger partial charge in [0, 0.05) is 26.2 Å². The third-order valence-electron chi connectivity index (χ3n) is 5.77. The smallest absolute Gasteiger partial charge is 0.257 e. The summed E-state index contributed by atoms with van der Waals surface area (Å²) < 4.78 is 11.7. The van der Waals surface area contributed by atoms with Crippen LogP contribution in [0, 0.1) is 19.8 Å². The molecule has 2 saturated heterocycles. The minimum absolute atomic E-state index is 0.0283. The van der Waals surface area contributed by atoms with Crippen molar-refractivity contribution >= 4 is 11.8 Å². The molecule has 3 rings (SSSR count). The zero-order chi connectivity index (χ0) is 19.6. The van der Waals surface area contributed by atoms with E-state index >= 15 is 0 Å². The van der Waals surface area contributed by atoms with Crippen LogP contribution in [-0.4, -0.2) is 60.0 Å². The minimum atomic E-state index is -0.318. The maximum absolute atomic E-state index is 12.8. The summed E-state index contributed by atoms with van der Waals surface area (Å²) in [6, 6.07) is 1.82. The van der Waals surface area contributed by atoms with E-state index in [2.05, 4.69) is 13.8 Å². The van der Waals surface area contributed by atoms with Crippen LogP contribution in [0.25, 0.3) is 0 Å². The second-order valence-electron chi connectivity index (χ2n) is 8.40. The van der Waals surface area contributed by atoms with Crippen molar-refractivity contribution in [2.45, 2.75) is 59.0 Å². The van der Waals surface area contributed by atoms with E-state index in [4.69, 9.17) is 9.15 Å². The summed E-state index contributed by atoms with van der Waals surface area (Å²) in [4.78, 5) is 29.1. The number of likely N-dealkylation sites (tertiary alicyclic amines) is 1. The predicted molar refractivity (Wildman–Crippen MR) is 103 cm³/mol. The molecule has 0 unspecified atom stereocenters. The van der Waals surface area contributed by atoms with E-state index in [1.807, 2.05) is 29.7 Å². The first-order valence-corrected chi connectivity index (χ1v) is 10.1. The average Bonchev–Trinajstić information content (AvgIpc) is 2.88. The first-order chi connectivity index (χ1) is 12.8. The number of carbonyl (C=O) groups excluding carboxylic acids is 2. The second-order valence-corrected chi connectivity index (χ2v) is 8.40. The van der Waals surface area contributed by atoms with E-state index in [0.29, 0.717) is 49.9 Å². The zero-order valence-electron chi connectivity index (χ0n) is 17.0. The summed E-state index contributed by atoms with van der Waals surface area (Å²) in [6.07, 6.45) is 2.99. The molecule has 2 aliphatic rings. The SMILES string of the molecule is Cc1cc(C(=O)N2CCC3(CC2)CN(CCC(C)C)C(=O)CCO3)c(C)o1. The molecule has 6 nitrogen and oxygen atoms in total. The second kappa shape index (κ2) is 8.05. The van der Waals surface area contributed by atoms with Crippen LogP contribution in [0.3, 0.4) is 0 Å². The summed E-state index contributed by atoms with van der Waals surface area (Å²) in [5, 5.41) is 0. The van der Waals surface area contributed by atoms with E-state index in [9.17, 15) is 9.59 Å². The molecule has 1 aromatic rings. The summed E-state index contributed by atoms with van der Waals surface area (Å²) in [6.45, 7) is 11.3. The molecular formula is C21H32N2O4. The summed E-state index contributed by atoms with van der Waals surface area (Å²) in [5.41, 5.74) is 0.334. The van der Waals surface area contributed by atoms with Gasteiger partial charge in [-0.25, -0.2) is 0 Å². The molecular weight excluding hydrogens is 344 g/mol. The molecule has 27 heavy (non-hydrogen) atoms. The molecule has 0 saturated carbocycles. The maximum Gasteiger partial charge on any atom is 0.257 e. The Morgan fingerprint density at radius 3 is 2.56 bits per heavy atom. The number of nitrogens with zero attached hydrogens (tertiary/aromatic N) is 2. The van der Waals surface area contributed by atoms with Gasteiger partial charge < -0.3 is 19.0 Å². The van der Waals surface area contributed by atoms with Crippen molar-refractivity contribution in [2.24, 2.45) is 5.92 Å². The molecule has 0 aliphatic carbocycles. The molecule has 1 spiro atoms. The molecule has 3 heterocycles. The molecule has 2 fully saturated rings. The fourth-order valence-corrected chi connectivity index (χ4v) is 4.05. The number of furan rings is 1. The topological polar surface area (TPSA) is 63.0 Å². The van der Waals surface area contributed by atoms with E-state index < -0.39 is 0 Å². The number of rotatable bonds is 4. The number of aryl methyl sites for hydroxylation is 2. The van der Waals surface area contributed by atoms with Crippen molar-refractivity contribution in [1.29, 1.82) is 0 Å². The van der Waals surface area contributed by atoms with Crippen LogP contribution in [0.4, 0.5) is 0 Å². The van der Waals surface area contributed by atoms with Crippen molar-refractivity contribution in [1.82, 2.24) is 9.80 Å². The van der Waals surface area contributed by atoms with Gasteiger partial charge in [-0.1, -0.05) is 13.8 Å². The number of hydrogen-bond acceptors (Lipinski definition) is 4. The van der Waals surface area contributed by atoms with Gasteiger partial charge in [0.1, 0.15) is 11.5 Å². The van der Waals surface area contributed by atoms with Crippen molar-refractivity contribution < 1.29 is 18.7 Å². The Morgan fingerprint density at radius 1 is 1.26 bits per heavy atom. The van der Waals surface area contributed by atoms with Crippen LogP contribution in [0.2, 0.25) is 0 Å². The highest BCUT2D eigenvalue weighted by Crippen LogP contribution is 2.31. The monoisotopic (exact) mass is 376 g/mol.